The van der Waals surface area contributed by atoms with E-state index in [9.17, 15) is 4.79 Å². The molecule has 4 heteroatoms. The van der Waals surface area contributed by atoms with E-state index in [2.05, 4.69) is 5.32 Å². The van der Waals surface area contributed by atoms with Crippen molar-refractivity contribution in [1.29, 1.82) is 0 Å². The van der Waals surface area contributed by atoms with Crippen LogP contribution in [0.2, 0.25) is 0 Å². The van der Waals surface area contributed by atoms with Crippen molar-refractivity contribution in [2.45, 2.75) is 70.6 Å². The Hall–Kier alpha value is -0.770. The molecule has 2 rings (SSSR count). The summed E-state index contributed by atoms with van der Waals surface area (Å²) >= 11 is 0. The van der Waals surface area contributed by atoms with Crippen molar-refractivity contribution < 1.29 is 9.53 Å². The van der Waals surface area contributed by atoms with Crippen LogP contribution in [0.1, 0.15) is 52.9 Å². The molecule has 1 amide bonds. The minimum Gasteiger partial charge on any atom is -0.444 e. The zero-order valence-electron chi connectivity index (χ0n) is 11.1. The molecular formula is C13H24N2O2. The molecule has 0 radical (unpaired) electrons. The van der Waals surface area contributed by atoms with Crippen LogP contribution >= 0.6 is 0 Å². The summed E-state index contributed by atoms with van der Waals surface area (Å²) in [5, 5.41) is 2.97. The van der Waals surface area contributed by atoms with E-state index in [0.29, 0.717) is 6.04 Å². The third-order valence-electron chi connectivity index (χ3n) is 3.80. The summed E-state index contributed by atoms with van der Waals surface area (Å²) in [7, 11) is 0. The van der Waals surface area contributed by atoms with Crippen LogP contribution in [0, 0.1) is 5.41 Å². The fourth-order valence-electron chi connectivity index (χ4n) is 2.95. The van der Waals surface area contributed by atoms with Crippen LogP contribution in [0.15, 0.2) is 0 Å². The summed E-state index contributed by atoms with van der Waals surface area (Å²) in [6, 6.07) is 0.595. The Morgan fingerprint density at radius 2 is 2.12 bits per heavy atom. The van der Waals surface area contributed by atoms with Crippen molar-refractivity contribution in [3.63, 3.8) is 0 Å². The van der Waals surface area contributed by atoms with Gasteiger partial charge in [0, 0.05) is 12.1 Å². The summed E-state index contributed by atoms with van der Waals surface area (Å²) in [5.74, 6) is 0. The Balaban J connectivity index is 1.81. The molecule has 0 aromatic heterocycles. The molecule has 0 bridgehead atoms. The second-order valence-electron chi connectivity index (χ2n) is 6.62. The number of alkyl carbamates (subject to hydrolysis) is 1. The molecule has 3 N–H and O–H groups in total. The number of carbonyl (C=O) groups excluding carboxylic acids is 1. The van der Waals surface area contributed by atoms with Gasteiger partial charge in [0.15, 0.2) is 0 Å². The zero-order valence-corrected chi connectivity index (χ0v) is 11.1. The molecule has 0 aliphatic heterocycles. The lowest BCUT2D eigenvalue weighted by molar-refractivity contribution is 0.0511. The molecule has 4 nitrogen and oxygen atoms in total. The highest BCUT2D eigenvalue weighted by Gasteiger charge is 2.56. The maximum absolute atomic E-state index is 11.7. The maximum Gasteiger partial charge on any atom is 0.407 e. The second kappa shape index (κ2) is 4.16. The van der Waals surface area contributed by atoms with Gasteiger partial charge in [-0.15, -0.1) is 0 Å². The van der Waals surface area contributed by atoms with E-state index in [1.165, 1.54) is 12.8 Å². The Morgan fingerprint density at radius 1 is 1.41 bits per heavy atom. The van der Waals surface area contributed by atoms with Gasteiger partial charge in [-0.25, -0.2) is 4.79 Å². The van der Waals surface area contributed by atoms with Gasteiger partial charge in [0.25, 0.3) is 0 Å². The molecule has 2 aliphatic rings. The number of amides is 1. The molecule has 2 saturated carbocycles. The largest absolute Gasteiger partial charge is 0.444 e. The van der Waals surface area contributed by atoms with Crippen LogP contribution in [0.3, 0.4) is 0 Å². The molecule has 0 aromatic carbocycles. The number of ether oxygens (including phenoxy) is 1. The number of hydrogen-bond acceptors (Lipinski definition) is 3. The lowest BCUT2D eigenvalue weighted by Crippen LogP contribution is -2.38. The number of nitrogens with two attached hydrogens (primary N) is 1. The predicted octanol–water partition coefficient (Wildman–Crippen LogP) is 2.17. The highest BCUT2D eigenvalue weighted by atomic mass is 16.6. The average Bonchev–Trinajstić information content (AvgIpc) is 2.73. The number of rotatable bonds is 1. The minimum atomic E-state index is -0.422. The Kier molecular flexibility index (Phi) is 3.10. The summed E-state index contributed by atoms with van der Waals surface area (Å²) in [6.07, 6.45) is 5.34. The van der Waals surface area contributed by atoms with Gasteiger partial charge in [0.1, 0.15) is 5.60 Å². The number of nitrogens with one attached hydrogen (secondary N) is 1. The fourth-order valence-corrected chi connectivity index (χ4v) is 2.95. The Bertz CT molecular complexity index is 311. The SMILES string of the molecule is CC(C)(C)OC(=O)NC1CC12CCCC(N)C2. The molecule has 0 heterocycles. The van der Waals surface area contributed by atoms with E-state index >= 15 is 0 Å². The summed E-state index contributed by atoms with van der Waals surface area (Å²) in [6.45, 7) is 5.64. The van der Waals surface area contributed by atoms with Crippen LogP contribution in [0.25, 0.3) is 0 Å². The monoisotopic (exact) mass is 240 g/mol. The van der Waals surface area contributed by atoms with Gasteiger partial charge < -0.3 is 15.8 Å². The van der Waals surface area contributed by atoms with Crippen molar-refractivity contribution in [2.24, 2.45) is 11.1 Å². The summed E-state index contributed by atoms with van der Waals surface area (Å²) in [5.41, 5.74) is 5.87. The molecule has 3 unspecified atom stereocenters. The van der Waals surface area contributed by atoms with E-state index < -0.39 is 5.60 Å². The lowest BCUT2D eigenvalue weighted by Gasteiger charge is -2.28. The molecule has 2 fully saturated rings. The van der Waals surface area contributed by atoms with E-state index in [-0.39, 0.29) is 17.6 Å². The highest BCUT2D eigenvalue weighted by molar-refractivity contribution is 5.68. The smallest absolute Gasteiger partial charge is 0.407 e. The molecule has 2 aliphatic carbocycles. The van der Waals surface area contributed by atoms with Gasteiger partial charge in [-0.3, -0.25) is 0 Å². The predicted molar refractivity (Wildman–Crippen MR) is 66.7 cm³/mol. The van der Waals surface area contributed by atoms with Crippen molar-refractivity contribution in [1.82, 2.24) is 5.32 Å². The Labute approximate surface area is 103 Å². The van der Waals surface area contributed by atoms with E-state index in [1.807, 2.05) is 20.8 Å². The van der Waals surface area contributed by atoms with Gasteiger partial charge in [-0.2, -0.15) is 0 Å². The van der Waals surface area contributed by atoms with Crippen LogP contribution in [0.5, 0.6) is 0 Å². The molecule has 17 heavy (non-hydrogen) atoms. The van der Waals surface area contributed by atoms with Crippen LogP contribution in [-0.4, -0.2) is 23.8 Å². The van der Waals surface area contributed by atoms with Crippen molar-refractivity contribution in [3.05, 3.63) is 0 Å². The first-order valence-electron chi connectivity index (χ1n) is 6.56. The van der Waals surface area contributed by atoms with Crippen LogP contribution in [-0.2, 0) is 4.74 Å². The highest BCUT2D eigenvalue weighted by Crippen LogP contribution is 2.56. The lowest BCUT2D eigenvalue weighted by atomic mass is 9.83. The van der Waals surface area contributed by atoms with Gasteiger partial charge in [0.2, 0.25) is 0 Å². The van der Waals surface area contributed by atoms with E-state index in [1.54, 1.807) is 0 Å². The molecule has 0 saturated heterocycles. The summed E-state index contributed by atoms with van der Waals surface area (Å²) < 4.78 is 5.27. The molecule has 0 aromatic rings. The van der Waals surface area contributed by atoms with Gasteiger partial charge in [-0.05, 0) is 51.9 Å². The Morgan fingerprint density at radius 3 is 2.71 bits per heavy atom. The second-order valence-corrected chi connectivity index (χ2v) is 6.62. The first-order valence-corrected chi connectivity index (χ1v) is 6.56. The van der Waals surface area contributed by atoms with Crippen molar-refractivity contribution >= 4 is 6.09 Å². The fraction of sp³-hybridized carbons (Fsp3) is 0.923. The molecular weight excluding hydrogens is 216 g/mol. The van der Waals surface area contributed by atoms with Gasteiger partial charge in [-0.1, -0.05) is 6.42 Å². The van der Waals surface area contributed by atoms with Crippen LogP contribution < -0.4 is 11.1 Å². The zero-order chi connectivity index (χ0) is 12.7. The van der Waals surface area contributed by atoms with Gasteiger partial charge >= 0.3 is 6.09 Å². The quantitative estimate of drug-likeness (QED) is 0.738. The van der Waals surface area contributed by atoms with Crippen molar-refractivity contribution in [3.8, 4) is 0 Å². The van der Waals surface area contributed by atoms with Crippen LogP contribution in [0.4, 0.5) is 4.79 Å². The first-order chi connectivity index (χ1) is 7.81. The van der Waals surface area contributed by atoms with E-state index in [4.69, 9.17) is 10.5 Å². The maximum atomic E-state index is 11.7. The third-order valence-corrected chi connectivity index (χ3v) is 3.80. The minimum absolute atomic E-state index is 0.281. The topological polar surface area (TPSA) is 64.3 Å². The van der Waals surface area contributed by atoms with Crippen molar-refractivity contribution in [2.75, 3.05) is 0 Å². The normalized spacial score (nSPS) is 36.7. The summed E-state index contributed by atoms with van der Waals surface area (Å²) in [4.78, 5) is 11.7. The van der Waals surface area contributed by atoms with E-state index in [0.717, 1.165) is 19.3 Å². The standard InChI is InChI=1S/C13H24N2O2/c1-12(2,3)17-11(16)15-10-8-13(10)6-4-5-9(14)7-13/h9-10H,4-8,14H2,1-3H3,(H,15,16). The number of carbonyl (C=O) groups is 1. The molecule has 98 valence electrons. The number of hydrogen-bond donors (Lipinski definition) is 2. The average molecular weight is 240 g/mol. The third kappa shape index (κ3) is 3.12. The van der Waals surface area contributed by atoms with Gasteiger partial charge in [0.05, 0.1) is 0 Å². The molecule has 1 spiro atoms. The first kappa shape index (κ1) is 12.7. The molecule has 3 atom stereocenters.